The molecule has 18 N–H and O–H groups in total. The van der Waals surface area contributed by atoms with Gasteiger partial charge in [0.2, 0.25) is 53.2 Å². The predicted molar refractivity (Wildman–Crippen MR) is 264 cm³/mol. The SMILES string of the molecule is CSCC[C@H](NC(=O)[C@H](Cc1ccc(O)cc1)NC(=O)CNC(=O)[C@@H](NC(=O)[C@H](CO)NC(=O)[C@H](CO)NC(=O)[C@H](CO)NC(=O)[C@H](CC(C)C)NC(=O)[C@@H](N)CO)C(C)C)C(=O)N[C@@H](Cc1cnc[nH]1)C(=O)O. The highest BCUT2D eigenvalue weighted by molar-refractivity contribution is 7.98. The summed E-state index contributed by atoms with van der Waals surface area (Å²) in [5.74, 6) is -10.8. The number of thioether (sulfide) groups is 1. The first-order valence-electron chi connectivity index (χ1n) is 23.3. The summed E-state index contributed by atoms with van der Waals surface area (Å²) in [7, 11) is 0. The van der Waals surface area contributed by atoms with Crippen LogP contribution in [0.15, 0.2) is 36.8 Å². The molecule has 1 aromatic heterocycles. The van der Waals surface area contributed by atoms with Gasteiger partial charge < -0.3 is 89.2 Å². The molecule has 0 saturated heterocycles. The Morgan fingerprint density at radius 3 is 1.57 bits per heavy atom. The van der Waals surface area contributed by atoms with E-state index in [1.54, 1.807) is 20.1 Å². The van der Waals surface area contributed by atoms with E-state index in [4.69, 9.17) is 5.73 Å². The number of carbonyl (C=O) groups is 10. The third kappa shape index (κ3) is 21.7. The number of H-pyrrole nitrogens is 1. The number of aliphatic carboxylic acids is 1. The summed E-state index contributed by atoms with van der Waals surface area (Å²) >= 11 is 1.35. The molecular formula is C45H70N12O16S. The minimum Gasteiger partial charge on any atom is -0.508 e. The van der Waals surface area contributed by atoms with Crippen molar-refractivity contribution >= 4 is 70.9 Å². The van der Waals surface area contributed by atoms with Crippen molar-refractivity contribution in [2.24, 2.45) is 17.6 Å². The lowest BCUT2D eigenvalue weighted by molar-refractivity contribution is -0.142. The van der Waals surface area contributed by atoms with Gasteiger partial charge in [-0.15, -0.1) is 0 Å². The van der Waals surface area contributed by atoms with Crippen molar-refractivity contribution in [1.82, 2.24) is 57.8 Å². The van der Waals surface area contributed by atoms with Gasteiger partial charge in [0.25, 0.3) is 0 Å². The fraction of sp³-hybridized carbons (Fsp3) is 0.578. The van der Waals surface area contributed by atoms with E-state index in [1.807, 2.05) is 0 Å². The molecule has 0 aliphatic heterocycles. The Balaban J connectivity index is 2.16. The zero-order valence-electron chi connectivity index (χ0n) is 41.6. The number of hydrogen-bond acceptors (Lipinski definition) is 18. The van der Waals surface area contributed by atoms with Crippen molar-refractivity contribution in [2.75, 3.05) is 45.0 Å². The second kappa shape index (κ2) is 32.3. The summed E-state index contributed by atoms with van der Waals surface area (Å²) in [4.78, 5) is 138. The highest BCUT2D eigenvalue weighted by Crippen LogP contribution is 2.13. The number of aromatic amines is 1. The second-order valence-corrected chi connectivity index (χ2v) is 18.7. The molecule has 412 valence electrons. The average Bonchev–Trinajstić information content (AvgIpc) is 3.88. The number of amides is 9. The molecule has 0 spiro atoms. The summed E-state index contributed by atoms with van der Waals surface area (Å²) in [5, 5.41) is 79.9. The van der Waals surface area contributed by atoms with Crippen LogP contribution in [0, 0.1) is 11.8 Å². The molecule has 1 heterocycles. The number of aliphatic hydroxyl groups excluding tert-OH is 4. The van der Waals surface area contributed by atoms with Gasteiger partial charge in [-0.25, -0.2) is 9.78 Å². The van der Waals surface area contributed by atoms with E-state index in [0.29, 0.717) is 17.0 Å². The molecule has 0 aliphatic rings. The van der Waals surface area contributed by atoms with Crippen LogP contribution in [-0.2, 0) is 60.8 Å². The van der Waals surface area contributed by atoms with Crippen LogP contribution in [0.2, 0.25) is 0 Å². The third-order valence-electron chi connectivity index (χ3n) is 10.9. The fourth-order valence-electron chi connectivity index (χ4n) is 6.72. The molecule has 0 bridgehead atoms. The molecule has 74 heavy (non-hydrogen) atoms. The number of hydrogen-bond donors (Lipinski definition) is 17. The van der Waals surface area contributed by atoms with Crippen molar-refractivity contribution in [3.63, 3.8) is 0 Å². The number of carbonyl (C=O) groups excluding carboxylic acids is 9. The fourth-order valence-corrected chi connectivity index (χ4v) is 7.19. The Labute approximate surface area is 430 Å². The van der Waals surface area contributed by atoms with Gasteiger partial charge in [0.1, 0.15) is 60.1 Å². The molecule has 9 amide bonds. The summed E-state index contributed by atoms with van der Waals surface area (Å²) in [6.45, 7) is 1.85. The predicted octanol–water partition coefficient (Wildman–Crippen LogP) is -6.27. The van der Waals surface area contributed by atoms with Gasteiger partial charge in [-0.2, -0.15) is 11.8 Å². The van der Waals surface area contributed by atoms with Gasteiger partial charge >= 0.3 is 5.97 Å². The minimum atomic E-state index is -1.83. The van der Waals surface area contributed by atoms with Crippen LogP contribution >= 0.6 is 11.8 Å². The van der Waals surface area contributed by atoms with E-state index in [2.05, 4.69) is 57.8 Å². The quantitative estimate of drug-likeness (QED) is 0.0316. The Morgan fingerprint density at radius 2 is 1.09 bits per heavy atom. The average molecular weight is 1070 g/mol. The van der Waals surface area contributed by atoms with Gasteiger partial charge in [0, 0.05) is 24.7 Å². The smallest absolute Gasteiger partial charge is 0.326 e. The van der Waals surface area contributed by atoms with Crippen LogP contribution in [0.3, 0.4) is 0 Å². The highest BCUT2D eigenvalue weighted by Gasteiger charge is 2.35. The zero-order chi connectivity index (χ0) is 55.7. The normalized spacial score (nSPS) is 14.8. The summed E-state index contributed by atoms with van der Waals surface area (Å²) in [6.07, 6.45) is 4.29. The molecule has 0 radical (unpaired) electrons. The van der Waals surface area contributed by atoms with Gasteiger partial charge in [-0.05, 0) is 54.4 Å². The van der Waals surface area contributed by atoms with Crippen molar-refractivity contribution in [1.29, 1.82) is 0 Å². The number of carboxylic acid groups (broad SMARTS) is 1. The monoisotopic (exact) mass is 1070 g/mol. The van der Waals surface area contributed by atoms with E-state index >= 15 is 0 Å². The number of carboxylic acids is 1. The molecule has 0 fully saturated rings. The molecule has 2 rings (SSSR count). The lowest BCUT2D eigenvalue weighted by Crippen LogP contribution is -2.61. The number of benzene rings is 1. The molecular weight excluding hydrogens is 997 g/mol. The van der Waals surface area contributed by atoms with Crippen LogP contribution in [0.25, 0.3) is 0 Å². The number of nitrogens with one attached hydrogen (secondary N) is 10. The van der Waals surface area contributed by atoms with Crippen LogP contribution in [0.4, 0.5) is 0 Å². The minimum absolute atomic E-state index is 0.0548. The summed E-state index contributed by atoms with van der Waals surface area (Å²) < 4.78 is 0. The zero-order valence-corrected chi connectivity index (χ0v) is 42.4. The van der Waals surface area contributed by atoms with Crippen molar-refractivity contribution in [2.45, 2.75) is 108 Å². The van der Waals surface area contributed by atoms with Crippen LogP contribution in [0.1, 0.15) is 51.8 Å². The van der Waals surface area contributed by atoms with Gasteiger partial charge in [-0.1, -0.05) is 39.8 Å². The van der Waals surface area contributed by atoms with Crippen molar-refractivity contribution in [3.8, 4) is 5.75 Å². The maximum atomic E-state index is 13.9. The number of imidazole rings is 1. The number of rotatable bonds is 33. The van der Waals surface area contributed by atoms with E-state index in [1.165, 1.54) is 62.4 Å². The number of phenols is 1. The van der Waals surface area contributed by atoms with Crippen molar-refractivity contribution in [3.05, 3.63) is 48.0 Å². The Hall–Kier alpha value is -6.92. The standard InChI is InChI=1S/C45H70N12O16S/c1-22(2)12-29(52-37(64)27(46)17-58)39(66)54-32(18-59)41(68)55-33(19-60)42(69)56-34(20-61)43(70)57-36(23(3)4)44(71)48-16-35(63)50-30(13-24-6-8-26(62)9-7-24)40(67)51-28(10-11-74-5)38(65)53-31(45(72)73)14-25-15-47-21-49-25/h6-9,15,21-23,27-34,36,58-62H,10-14,16-20,46H2,1-5H3,(H,47,49)(H,48,71)(H,50,63)(H,51,67)(H,52,64)(H,53,65)(H,54,66)(H,55,68)(H,56,69)(H,57,70)(H,72,73)/t27-,28-,29-,30-,31-,32-,33-,34-,36-/m0/s1. The molecule has 0 aliphatic carbocycles. The van der Waals surface area contributed by atoms with Crippen LogP contribution in [-0.4, -0.2) is 199 Å². The first-order chi connectivity index (χ1) is 35.0. The molecule has 9 atom stereocenters. The first-order valence-corrected chi connectivity index (χ1v) is 24.7. The van der Waals surface area contributed by atoms with Crippen molar-refractivity contribution < 1.29 is 78.6 Å². The Morgan fingerprint density at radius 1 is 0.608 bits per heavy atom. The molecule has 0 saturated carbocycles. The van der Waals surface area contributed by atoms with E-state index in [9.17, 15) is 78.6 Å². The summed E-state index contributed by atoms with van der Waals surface area (Å²) in [5.41, 5.74) is 6.42. The molecule has 28 nitrogen and oxygen atoms in total. The molecule has 2 aromatic rings. The van der Waals surface area contributed by atoms with Crippen LogP contribution < -0.4 is 53.6 Å². The van der Waals surface area contributed by atoms with E-state index in [-0.39, 0.29) is 37.4 Å². The third-order valence-corrected chi connectivity index (χ3v) is 11.5. The number of aromatic nitrogens is 2. The number of nitrogens with zero attached hydrogens (tertiary/aromatic N) is 1. The lowest BCUT2D eigenvalue weighted by Gasteiger charge is -2.27. The van der Waals surface area contributed by atoms with Gasteiger partial charge in [-0.3, -0.25) is 43.2 Å². The Kier molecular flexibility index (Phi) is 27.6. The van der Waals surface area contributed by atoms with Crippen LogP contribution in [0.5, 0.6) is 5.75 Å². The second-order valence-electron chi connectivity index (χ2n) is 17.7. The van der Waals surface area contributed by atoms with E-state index in [0.717, 1.165) is 0 Å². The maximum absolute atomic E-state index is 13.9. The molecule has 29 heteroatoms. The molecule has 0 unspecified atom stereocenters. The maximum Gasteiger partial charge on any atom is 0.326 e. The number of nitrogens with two attached hydrogens (primary N) is 1. The highest BCUT2D eigenvalue weighted by atomic mass is 32.2. The number of phenolic OH excluding ortho intramolecular Hbond substituents is 1. The first kappa shape index (κ1) is 63.2. The Bertz CT molecular complexity index is 2190. The summed E-state index contributed by atoms with van der Waals surface area (Å²) in [6, 6.07) is -7.79. The molecule has 1 aromatic carbocycles. The number of aliphatic hydroxyl groups is 4. The van der Waals surface area contributed by atoms with Gasteiger partial charge in [0.05, 0.1) is 39.3 Å². The largest absolute Gasteiger partial charge is 0.508 e. The van der Waals surface area contributed by atoms with E-state index < -0.39 is 152 Å². The topological polar surface area (TPSA) is 455 Å². The number of aromatic hydroxyl groups is 1. The van der Waals surface area contributed by atoms with Gasteiger partial charge in [0.15, 0.2) is 0 Å². The lowest BCUT2D eigenvalue weighted by atomic mass is 10.0.